The van der Waals surface area contributed by atoms with E-state index in [4.69, 9.17) is 21.4 Å². The van der Waals surface area contributed by atoms with Gasteiger partial charge in [0.2, 0.25) is 5.91 Å². The highest BCUT2D eigenvalue weighted by atomic mass is 32.1. The third-order valence-electron chi connectivity index (χ3n) is 3.93. The molecule has 1 unspecified atom stereocenters. The first-order valence-electron chi connectivity index (χ1n) is 8.61. The van der Waals surface area contributed by atoms with Gasteiger partial charge in [-0.05, 0) is 30.8 Å². The fourth-order valence-electron chi connectivity index (χ4n) is 2.55. The molecule has 2 N–H and O–H groups in total. The first kappa shape index (κ1) is 19.9. The fourth-order valence-corrected chi connectivity index (χ4v) is 2.87. The number of piperazine rings is 1. The van der Waals surface area contributed by atoms with E-state index in [0.29, 0.717) is 19.7 Å². The summed E-state index contributed by atoms with van der Waals surface area (Å²) < 4.78 is 10.2. The van der Waals surface area contributed by atoms with Crippen molar-refractivity contribution in [3.05, 3.63) is 24.2 Å². The lowest BCUT2D eigenvalue weighted by Crippen LogP contribution is -2.60. The minimum atomic E-state index is -0.813. The lowest BCUT2D eigenvalue weighted by Gasteiger charge is -2.36. The molecule has 1 aliphatic rings. The van der Waals surface area contributed by atoms with E-state index in [1.807, 2.05) is 0 Å². The zero-order chi connectivity index (χ0) is 18.9. The van der Waals surface area contributed by atoms with Crippen LogP contribution >= 0.6 is 12.2 Å². The van der Waals surface area contributed by atoms with Gasteiger partial charge in [-0.25, -0.2) is 0 Å². The smallest absolute Gasteiger partial charge is 0.308 e. The summed E-state index contributed by atoms with van der Waals surface area (Å²) in [4.78, 5) is 37.8. The van der Waals surface area contributed by atoms with Gasteiger partial charge < -0.3 is 19.4 Å². The summed E-state index contributed by atoms with van der Waals surface area (Å²) in [6.07, 6.45) is 4.05. The average molecular weight is 381 g/mol. The number of ether oxygens (including phenoxy) is 1. The lowest BCUT2D eigenvalue weighted by atomic mass is 10.1. The van der Waals surface area contributed by atoms with Gasteiger partial charge in [-0.3, -0.25) is 19.7 Å². The molecule has 0 aromatic carbocycles. The molecule has 1 aliphatic heterocycles. The fraction of sp³-hybridized carbons (Fsp3) is 0.529. The second-order valence-electron chi connectivity index (χ2n) is 5.87. The van der Waals surface area contributed by atoms with Crippen LogP contribution in [0.5, 0.6) is 0 Å². The summed E-state index contributed by atoms with van der Waals surface area (Å²) >= 11 is 5.25. The van der Waals surface area contributed by atoms with E-state index in [0.717, 1.165) is 19.3 Å². The summed E-state index contributed by atoms with van der Waals surface area (Å²) in [5.74, 6) is -1.18. The van der Waals surface area contributed by atoms with E-state index < -0.39 is 17.9 Å². The number of hydrogen-bond acceptors (Lipinski definition) is 6. The maximum atomic E-state index is 12.2. The third-order valence-corrected chi connectivity index (χ3v) is 4.26. The quantitative estimate of drug-likeness (QED) is 0.416. The normalized spacial score (nSPS) is 16.7. The van der Waals surface area contributed by atoms with Gasteiger partial charge in [0.1, 0.15) is 6.04 Å². The monoisotopic (exact) mass is 381 g/mol. The van der Waals surface area contributed by atoms with Gasteiger partial charge >= 0.3 is 5.97 Å². The molecule has 1 atom stereocenters. The number of nitrogens with zero attached hydrogens (tertiary/aromatic N) is 1. The van der Waals surface area contributed by atoms with Crippen molar-refractivity contribution in [2.45, 2.75) is 38.6 Å². The summed E-state index contributed by atoms with van der Waals surface area (Å²) in [5.41, 5.74) is 0. The zero-order valence-electron chi connectivity index (χ0n) is 14.7. The van der Waals surface area contributed by atoms with Gasteiger partial charge in [-0.1, -0.05) is 19.8 Å². The Balaban J connectivity index is 1.93. The molecule has 8 nitrogen and oxygen atoms in total. The number of thiocarbonyl (C=S) groups is 1. The van der Waals surface area contributed by atoms with Crippen molar-refractivity contribution in [3.8, 4) is 0 Å². The van der Waals surface area contributed by atoms with E-state index in [1.54, 1.807) is 6.07 Å². The van der Waals surface area contributed by atoms with Gasteiger partial charge in [-0.15, -0.1) is 0 Å². The molecule has 2 heterocycles. The Hall–Kier alpha value is -2.42. The first-order valence-corrected chi connectivity index (χ1v) is 9.02. The molecular weight excluding hydrogens is 358 g/mol. The van der Waals surface area contributed by atoms with Crippen LogP contribution in [-0.4, -0.2) is 53.5 Å². The maximum Gasteiger partial charge on any atom is 0.308 e. The molecule has 142 valence electrons. The van der Waals surface area contributed by atoms with E-state index >= 15 is 0 Å². The molecule has 0 bridgehead atoms. The van der Waals surface area contributed by atoms with Gasteiger partial charge in [0, 0.05) is 13.1 Å². The van der Waals surface area contributed by atoms with Crippen LogP contribution in [0.4, 0.5) is 0 Å². The molecule has 1 saturated heterocycles. The number of carbonyl (C=O) groups is 3. The molecule has 1 fully saturated rings. The third kappa shape index (κ3) is 5.55. The Kier molecular flexibility index (Phi) is 7.58. The van der Waals surface area contributed by atoms with Crippen LogP contribution in [0.15, 0.2) is 22.8 Å². The molecule has 0 aliphatic carbocycles. The van der Waals surface area contributed by atoms with Crippen LogP contribution < -0.4 is 10.6 Å². The topological polar surface area (TPSA) is 101 Å². The summed E-state index contributed by atoms with van der Waals surface area (Å²) in [6, 6.07) is 2.28. The number of carbonyl (C=O) groups excluding carboxylic acids is 3. The van der Waals surface area contributed by atoms with Gasteiger partial charge in [0.05, 0.1) is 19.3 Å². The number of nitrogens with one attached hydrogen (secondary N) is 2. The number of esters is 1. The minimum absolute atomic E-state index is 0.0741. The van der Waals surface area contributed by atoms with Crippen molar-refractivity contribution in [3.63, 3.8) is 0 Å². The van der Waals surface area contributed by atoms with E-state index in [2.05, 4.69) is 17.6 Å². The molecule has 2 amide bonds. The van der Waals surface area contributed by atoms with Crippen LogP contribution in [0, 0.1) is 0 Å². The number of unbranched alkanes of at least 4 members (excludes halogenated alkanes) is 2. The first-order chi connectivity index (χ1) is 12.5. The van der Waals surface area contributed by atoms with Crippen molar-refractivity contribution in [2.24, 2.45) is 0 Å². The number of furan rings is 1. The molecule has 26 heavy (non-hydrogen) atoms. The average Bonchev–Trinajstić information content (AvgIpc) is 3.15. The molecule has 1 aromatic heterocycles. The van der Waals surface area contributed by atoms with Crippen molar-refractivity contribution in [1.82, 2.24) is 15.5 Å². The highest BCUT2D eigenvalue weighted by Crippen LogP contribution is 2.11. The maximum absolute atomic E-state index is 12.2. The Morgan fingerprint density at radius 1 is 1.46 bits per heavy atom. The number of hydrogen-bond donors (Lipinski definition) is 2. The highest BCUT2D eigenvalue weighted by Gasteiger charge is 2.34. The molecular formula is C17H23N3O5S. The number of rotatable bonds is 7. The number of amides is 2. The summed E-state index contributed by atoms with van der Waals surface area (Å²) in [6.45, 7) is 3.15. The van der Waals surface area contributed by atoms with Crippen LogP contribution in [0.2, 0.25) is 0 Å². The molecule has 2 rings (SSSR count). The summed E-state index contributed by atoms with van der Waals surface area (Å²) in [5, 5.41) is 5.30. The Morgan fingerprint density at radius 3 is 2.96 bits per heavy atom. The highest BCUT2D eigenvalue weighted by molar-refractivity contribution is 7.80. The molecule has 0 spiro atoms. The molecule has 0 radical (unpaired) electrons. The van der Waals surface area contributed by atoms with Crippen LogP contribution in [-0.2, 0) is 14.3 Å². The van der Waals surface area contributed by atoms with Gasteiger partial charge in [-0.2, -0.15) is 0 Å². The van der Waals surface area contributed by atoms with Crippen molar-refractivity contribution in [1.29, 1.82) is 0 Å². The lowest BCUT2D eigenvalue weighted by molar-refractivity contribution is -0.147. The van der Waals surface area contributed by atoms with Crippen molar-refractivity contribution >= 4 is 35.1 Å². The second-order valence-corrected chi connectivity index (χ2v) is 6.26. The summed E-state index contributed by atoms with van der Waals surface area (Å²) in [7, 11) is 0. The van der Waals surface area contributed by atoms with Gasteiger partial charge in [0.15, 0.2) is 10.9 Å². The predicted octanol–water partition coefficient (Wildman–Crippen LogP) is 1.22. The molecule has 9 heteroatoms. The van der Waals surface area contributed by atoms with Crippen LogP contribution in [0.25, 0.3) is 0 Å². The van der Waals surface area contributed by atoms with E-state index in [-0.39, 0.29) is 23.2 Å². The van der Waals surface area contributed by atoms with Crippen molar-refractivity contribution < 1.29 is 23.5 Å². The molecule has 0 saturated carbocycles. The van der Waals surface area contributed by atoms with E-state index in [9.17, 15) is 14.4 Å². The Morgan fingerprint density at radius 2 is 2.27 bits per heavy atom. The van der Waals surface area contributed by atoms with E-state index in [1.165, 1.54) is 17.2 Å². The largest absolute Gasteiger partial charge is 0.466 e. The SMILES string of the molecule is CCCCCOC(=O)CC1C(=O)NCCN1C(=S)NC(=O)c1ccco1. The standard InChI is InChI=1S/C17H23N3O5S/c1-2-3-4-9-25-14(21)11-12-15(22)18-7-8-20(12)17(26)19-16(23)13-6-5-10-24-13/h5-6,10,12H,2-4,7-9,11H2,1H3,(H,18,22)(H,19,23,26). The van der Waals surface area contributed by atoms with Crippen molar-refractivity contribution in [2.75, 3.05) is 19.7 Å². The second kappa shape index (κ2) is 9.91. The molecule has 1 aromatic rings. The Bertz CT molecular complexity index is 647. The van der Waals surface area contributed by atoms with Crippen LogP contribution in [0.3, 0.4) is 0 Å². The van der Waals surface area contributed by atoms with Gasteiger partial charge in [0.25, 0.3) is 5.91 Å². The Labute approximate surface area is 157 Å². The zero-order valence-corrected chi connectivity index (χ0v) is 15.5. The van der Waals surface area contributed by atoms with Crippen LogP contribution in [0.1, 0.15) is 43.2 Å². The minimum Gasteiger partial charge on any atom is -0.466 e. The predicted molar refractivity (Wildman–Crippen MR) is 97.4 cm³/mol.